The molecule has 2 aromatic heterocycles. The van der Waals surface area contributed by atoms with Gasteiger partial charge in [-0.15, -0.1) is 27.0 Å². The van der Waals surface area contributed by atoms with Gasteiger partial charge >= 0.3 is 0 Å². The number of nitrogens with one attached hydrogen (secondary N) is 1. The molecule has 0 aliphatic carbocycles. The van der Waals surface area contributed by atoms with Crippen LogP contribution in [0.15, 0.2) is 42.1 Å². The van der Waals surface area contributed by atoms with Crippen LogP contribution in [0.3, 0.4) is 0 Å². The Hall–Kier alpha value is -2.72. The molecule has 0 aliphatic heterocycles. The second-order valence-corrected chi connectivity index (χ2v) is 7.91. The van der Waals surface area contributed by atoms with Gasteiger partial charge in [-0.05, 0) is 24.6 Å². The number of carbonyl (C=O) groups is 1. The molecular weight excluding hydrogens is 396 g/mol. The van der Waals surface area contributed by atoms with E-state index in [-0.39, 0.29) is 11.7 Å². The number of thioether (sulfide) groups is 1. The van der Waals surface area contributed by atoms with E-state index < -0.39 is 0 Å². The van der Waals surface area contributed by atoms with E-state index in [0.717, 1.165) is 22.1 Å². The smallest absolute Gasteiger partial charge is 0.236 e. The van der Waals surface area contributed by atoms with Crippen molar-refractivity contribution in [3.8, 4) is 5.75 Å². The largest absolute Gasteiger partial charge is 0.497 e. The van der Waals surface area contributed by atoms with Crippen molar-refractivity contribution in [3.05, 3.63) is 53.3 Å². The van der Waals surface area contributed by atoms with Gasteiger partial charge in [-0.3, -0.25) is 10.1 Å². The standard InChI is InChI=1S/C18H20N6O2S2/c1-4-9-24-15(10-13-5-7-14(26-3)8-6-13)21-23-18(24)27-11-16(25)19-17-22-20-12(2)28-17/h4-8H,1,9-11H2,2-3H3,(H,19,22,25). The van der Waals surface area contributed by atoms with E-state index in [1.807, 2.05) is 35.8 Å². The predicted molar refractivity (Wildman–Crippen MR) is 110 cm³/mol. The van der Waals surface area contributed by atoms with Crippen LogP contribution in [-0.2, 0) is 17.8 Å². The fourth-order valence-corrected chi connectivity index (χ4v) is 3.80. The second-order valence-electron chi connectivity index (χ2n) is 5.79. The minimum atomic E-state index is -0.161. The number of benzene rings is 1. The number of carbonyl (C=O) groups excluding carboxylic acids is 1. The molecule has 0 fully saturated rings. The quantitative estimate of drug-likeness (QED) is 0.423. The van der Waals surface area contributed by atoms with Gasteiger partial charge in [-0.25, -0.2) is 0 Å². The molecule has 0 bridgehead atoms. The highest BCUT2D eigenvalue weighted by molar-refractivity contribution is 7.99. The molecule has 0 saturated carbocycles. The summed E-state index contributed by atoms with van der Waals surface area (Å²) in [5.74, 6) is 1.67. The zero-order valence-electron chi connectivity index (χ0n) is 15.6. The number of anilines is 1. The van der Waals surface area contributed by atoms with E-state index in [1.165, 1.54) is 23.1 Å². The van der Waals surface area contributed by atoms with E-state index >= 15 is 0 Å². The topological polar surface area (TPSA) is 94.8 Å². The SMILES string of the molecule is C=CCn1c(Cc2ccc(OC)cc2)nnc1SCC(=O)Nc1nnc(C)s1. The van der Waals surface area contributed by atoms with Crippen LogP contribution in [-0.4, -0.2) is 43.7 Å². The van der Waals surface area contributed by atoms with E-state index in [4.69, 9.17) is 4.74 Å². The van der Waals surface area contributed by atoms with Crippen LogP contribution < -0.4 is 10.1 Å². The first-order valence-electron chi connectivity index (χ1n) is 8.47. The molecule has 3 rings (SSSR count). The fourth-order valence-electron chi connectivity index (χ4n) is 2.43. The van der Waals surface area contributed by atoms with Gasteiger partial charge in [0.2, 0.25) is 11.0 Å². The molecule has 0 atom stereocenters. The van der Waals surface area contributed by atoms with Crippen molar-refractivity contribution < 1.29 is 9.53 Å². The zero-order chi connectivity index (χ0) is 19.9. The van der Waals surface area contributed by atoms with E-state index in [9.17, 15) is 4.79 Å². The molecule has 0 saturated heterocycles. The van der Waals surface area contributed by atoms with Gasteiger partial charge in [-0.2, -0.15) is 0 Å². The maximum Gasteiger partial charge on any atom is 0.236 e. The number of hydrogen-bond acceptors (Lipinski definition) is 8. The van der Waals surface area contributed by atoms with Crippen molar-refractivity contribution >= 4 is 34.1 Å². The lowest BCUT2D eigenvalue weighted by atomic mass is 10.1. The first-order valence-corrected chi connectivity index (χ1v) is 10.3. The molecule has 2 heterocycles. The molecule has 0 radical (unpaired) electrons. The first kappa shape index (κ1) is 20.0. The van der Waals surface area contributed by atoms with Crippen molar-refractivity contribution in [2.75, 3.05) is 18.2 Å². The summed E-state index contributed by atoms with van der Waals surface area (Å²) in [6.45, 7) is 6.21. The van der Waals surface area contributed by atoms with Crippen molar-refractivity contribution in [2.24, 2.45) is 0 Å². The first-order chi connectivity index (χ1) is 13.6. The lowest BCUT2D eigenvalue weighted by Crippen LogP contribution is -2.14. The molecule has 0 spiro atoms. The molecule has 146 valence electrons. The Labute approximate surface area is 171 Å². The maximum atomic E-state index is 12.1. The monoisotopic (exact) mass is 416 g/mol. The minimum absolute atomic E-state index is 0.161. The molecule has 0 unspecified atom stereocenters. The van der Waals surface area contributed by atoms with Crippen LogP contribution in [0.1, 0.15) is 16.4 Å². The molecule has 28 heavy (non-hydrogen) atoms. The van der Waals surface area contributed by atoms with Gasteiger partial charge in [0.05, 0.1) is 12.9 Å². The minimum Gasteiger partial charge on any atom is -0.497 e. The number of ether oxygens (including phenoxy) is 1. The third-order valence-corrected chi connectivity index (χ3v) is 5.45. The average molecular weight is 417 g/mol. The summed E-state index contributed by atoms with van der Waals surface area (Å²) in [6.07, 6.45) is 2.41. The molecular formula is C18H20N6O2S2. The number of rotatable bonds is 9. The average Bonchev–Trinajstić information content (AvgIpc) is 3.27. The summed E-state index contributed by atoms with van der Waals surface area (Å²) in [6, 6.07) is 7.82. The predicted octanol–water partition coefficient (Wildman–Crippen LogP) is 2.95. The fraction of sp³-hybridized carbons (Fsp3) is 0.278. The number of nitrogens with zero attached hydrogens (tertiary/aromatic N) is 5. The highest BCUT2D eigenvalue weighted by Crippen LogP contribution is 2.21. The summed E-state index contributed by atoms with van der Waals surface area (Å²) in [7, 11) is 1.64. The molecule has 10 heteroatoms. The van der Waals surface area contributed by atoms with Gasteiger partial charge in [0, 0.05) is 13.0 Å². The van der Waals surface area contributed by atoms with Crippen LogP contribution in [0.4, 0.5) is 5.13 Å². The summed E-state index contributed by atoms with van der Waals surface area (Å²) >= 11 is 2.66. The molecule has 0 aliphatic rings. The number of allylic oxidation sites excluding steroid dienone is 1. The van der Waals surface area contributed by atoms with Gasteiger partial charge in [-0.1, -0.05) is 41.3 Å². The molecule has 8 nitrogen and oxygen atoms in total. The van der Waals surface area contributed by atoms with Crippen LogP contribution in [0.25, 0.3) is 0 Å². The normalized spacial score (nSPS) is 10.6. The second kappa shape index (κ2) is 9.47. The lowest BCUT2D eigenvalue weighted by molar-refractivity contribution is -0.113. The maximum absolute atomic E-state index is 12.1. The number of aryl methyl sites for hydroxylation is 1. The van der Waals surface area contributed by atoms with Gasteiger partial charge in [0.15, 0.2) is 5.16 Å². The van der Waals surface area contributed by atoms with Crippen molar-refractivity contribution in [3.63, 3.8) is 0 Å². The molecule has 1 aromatic carbocycles. The summed E-state index contributed by atoms with van der Waals surface area (Å²) in [5, 5.41) is 21.0. The highest BCUT2D eigenvalue weighted by atomic mass is 32.2. The lowest BCUT2D eigenvalue weighted by Gasteiger charge is -2.08. The third kappa shape index (κ3) is 5.17. The Morgan fingerprint density at radius 1 is 1.29 bits per heavy atom. The Morgan fingerprint density at radius 3 is 2.71 bits per heavy atom. The summed E-state index contributed by atoms with van der Waals surface area (Å²) in [5.41, 5.74) is 1.10. The number of methoxy groups -OCH3 is 1. The number of hydrogen-bond donors (Lipinski definition) is 1. The molecule has 1 N–H and O–H groups in total. The number of aromatic nitrogens is 5. The van der Waals surface area contributed by atoms with Crippen LogP contribution in [0, 0.1) is 6.92 Å². The Kier molecular flexibility index (Phi) is 6.77. The van der Waals surface area contributed by atoms with Gasteiger partial charge in [0.1, 0.15) is 16.6 Å². The van der Waals surface area contributed by atoms with Crippen molar-refractivity contribution in [1.82, 2.24) is 25.0 Å². The highest BCUT2D eigenvalue weighted by Gasteiger charge is 2.15. The summed E-state index contributed by atoms with van der Waals surface area (Å²) < 4.78 is 7.15. The Bertz CT molecular complexity index is 951. The Morgan fingerprint density at radius 2 is 2.07 bits per heavy atom. The van der Waals surface area contributed by atoms with Gasteiger partial charge in [0.25, 0.3) is 0 Å². The van der Waals surface area contributed by atoms with Gasteiger partial charge < -0.3 is 9.30 Å². The van der Waals surface area contributed by atoms with Crippen molar-refractivity contribution in [2.45, 2.75) is 25.0 Å². The molecule has 1 amide bonds. The van der Waals surface area contributed by atoms with E-state index in [2.05, 4.69) is 32.3 Å². The van der Waals surface area contributed by atoms with Crippen LogP contribution >= 0.6 is 23.1 Å². The summed E-state index contributed by atoms with van der Waals surface area (Å²) in [4.78, 5) is 12.1. The van der Waals surface area contributed by atoms with Crippen LogP contribution in [0.2, 0.25) is 0 Å². The van der Waals surface area contributed by atoms with E-state index in [1.54, 1.807) is 13.2 Å². The van der Waals surface area contributed by atoms with Crippen LogP contribution in [0.5, 0.6) is 5.75 Å². The Balaban J connectivity index is 1.65. The third-order valence-electron chi connectivity index (χ3n) is 3.73. The zero-order valence-corrected chi connectivity index (χ0v) is 17.2. The van der Waals surface area contributed by atoms with Crippen molar-refractivity contribution in [1.29, 1.82) is 0 Å². The molecule has 3 aromatic rings. The number of amides is 1. The van der Waals surface area contributed by atoms with E-state index in [0.29, 0.717) is 23.3 Å².